The zero-order chi connectivity index (χ0) is 19.7. The van der Waals surface area contributed by atoms with E-state index in [-0.39, 0.29) is 17.4 Å². The summed E-state index contributed by atoms with van der Waals surface area (Å²) in [6.45, 7) is 0.566. The maximum atomic E-state index is 14.4. The topological polar surface area (TPSA) is 69.8 Å². The SMILES string of the molecule is CNCC1(C(=O)Nc2cc3c(/C=C/c4cccc(F)c4)n[nH]c3cc2F)CC1. The molecule has 0 bridgehead atoms. The van der Waals surface area contributed by atoms with Gasteiger partial charge in [-0.15, -0.1) is 0 Å². The fourth-order valence-electron chi connectivity index (χ4n) is 3.29. The lowest BCUT2D eigenvalue weighted by Gasteiger charge is -2.15. The van der Waals surface area contributed by atoms with E-state index in [4.69, 9.17) is 0 Å². The molecular weight excluding hydrogens is 362 g/mol. The highest BCUT2D eigenvalue weighted by atomic mass is 19.1. The summed E-state index contributed by atoms with van der Waals surface area (Å²) in [5.41, 5.74) is 1.46. The second kappa shape index (κ2) is 7.16. The quantitative estimate of drug-likeness (QED) is 0.605. The Hall–Kier alpha value is -3.06. The maximum absolute atomic E-state index is 14.4. The smallest absolute Gasteiger partial charge is 0.231 e. The molecule has 5 nitrogen and oxygen atoms in total. The van der Waals surface area contributed by atoms with E-state index >= 15 is 0 Å². The molecule has 3 N–H and O–H groups in total. The van der Waals surface area contributed by atoms with Crippen LogP contribution in [0.5, 0.6) is 0 Å². The molecular formula is C21H20F2N4O. The molecule has 1 saturated carbocycles. The van der Waals surface area contributed by atoms with Crippen LogP contribution in [0.2, 0.25) is 0 Å². The first-order chi connectivity index (χ1) is 13.5. The Labute approximate surface area is 160 Å². The van der Waals surface area contributed by atoms with Gasteiger partial charge in [0, 0.05) is 18.0 Å². The molecule has 0 aliphatic heterocycles. The van der Waals surface area contributed by atoms with Crippen LogP contribution in [0.15, 0.2) is 36.4 Å². The summed E-state index contributed by atoms with van der Waals surface area (Å²) >= 11 is 0. The number of amides is 1. The number of nitrogens with zero attached hydrogens (tertiary/aromatic N) is 1. The summed E-state index contributed by atoms with van der Waals surface area (Å²) in [6, 6.07) is 9.07. The van der Waals surface area contributed by atoms with Crippen LogP contribution in [0.25, 0.3) is 23.1 Å². The largest absolute Gasteiger partial charge is 0.323 e. The highest BCUT2D eigenvalue weighted by Crippen LogP contribution is 2.46. The third-order valence-electron chi connectivity index (χ3n) is 5.06. The van der Waals surface area contributed by atoms with Crippen LogP contribution in [0.1, 0.15) is 24.1 Å². The van der Waals surface area contributed by atoms with Crippen molar-refractivity contribution in [2.24, 2.45) is 5.41 Å². The lowest BCUT2D eigenvalue weighted by molar-refractivity contribution is -0.121. The maximum Gasteiger partial charge on any atom is 0.231 e. The first kappa shape index (κ1) is 18.3. The van der Waals surface area contributed by atoms with Gasteiger partial charge in [0.15, 0.2) is 0 Å². The van der Waals surface area contributed by atoms with Gasteiger partial charge in [-0.3, -0.25) is 9.89 Å². The van der Waals surface area contributed by atoms with E-state index in [1.54, 1.807) is 37.4 Å². The van der Waals surface area contributed by atoms with Gasteiger partial charge in [-0.25, -0.2) is 8.78 Å². The van der Waals surface area contributed by atoms with Crippen LogP contribution in [-0.4, -0.2) is 29.7 Å². The normalized spacial score (nSPS) is 15.2. The molecule has 2 aromatic carbocycles. The van der Waals surface area contributed by atoms with Crippen molar-refractivity contribution in [1.82, 2.24) is 15.5 Å². The van der Waals surface area contributed by atoms with Crippen LogP contribution in [-0.2, 0) is 4.79 Å². The van der Waals surface area contributed by atoms with E-state index in [0.717, 1.165) is 12.8 Å². The van der Waals surface area contributed by atoms with Gasteiger partial charge in [0.25, 0.3) is 0 Å². The Morgan fingerprint density at radius 1 is 1.25 bits per heavy atom. The van der Waals surface area contributed by atoms with Crippen LogP contribution >= 0.6 is 0 Å². The van der Waals surface area contributed by atoms with Gasteiger partial charge in [-0.05, 0) is 49.7 Å². The summed E-state index contributed by atoms with van der Waals surface area (Å²) in [4.78, 5) is 12.6. The minimum atomic E-state index is -0.523. The standard InChI is InChI=1S/C21H20F2N4O/c1-24-12-21(7-8-21)20(28)25-19-10-15-17(26-27-18(15)11-16(19)23)6-5-13-3-2-4-14(22)9-13/h2-6,9-11,24H,7-8,12H2,1H3,(H,25,28)(H,26,27)/b6-5+. The number of rotatable bonds is 6. The Morgan fingerprint density at radius 3 is 2.79 bits per heavy atom. The molecule has 0 saturated heterocycles. The summed E-state index contributed by atoms with van der Waals surface area (Å²) in [5, 5.41) is 13.4. The van der Waals surface area contributed by atoms with Crippen LogP contribution in [0.4, 0.5) is 14.5 Å². The van der Waals surface area contributed by atoms with Crippen LogP contribution < -0.4 is 10.6 Å². The molecule has 1 amide bonds. The van der Waals surface area contributed by atoms with E-state index < -0.39 is 11.2 Å². The molecule has 28 heavy (non-hydrogen) atoms. The number of fused-ring (bicyclic) bond motifs is 1. The van der Waals surface area contributed by atoms with Crippen molar-refractivity contribution in [3.8, 4) is 0 Å². The lowest BCUT2D eigenvalue weighted by Crippen LogP contribution is -2.32. The zero-order valence-electron chi connectivity index (χ0n) is 15.4. The van der Waals surface area contributed by atoms with Crippen molar-refractivity contribution in [3.63, 3.8) is 0 Å². The summed E-state index contributed by atoms with van der Waals surface area (Å²) in [6.07, 6.45) is 5.03. The number of nitrogens with one attached hydrogen (secondary N) is 3. The second-order valence-corrected chi connectivity index (χ2v) is 7.14. The third kappa shape index (κ3) is 3.53. The minimum Gasteiger partial charge on any atom is -0.323 e. The average Bonchev–Trinajstić information content (AvgIpc) is 3.36. The lowest BCUT2D eigenvalue weighted by atomic mass is 10.1. The van der Waals surface area contributed by atoms with Crippen molar-refractivity contribution in [2.75, 3.05) is 18.9 Å². The number of carbonyl (C=O) groups is 1. The molecule has 1 fully saturated rings. The predicted molar refractivity (Wildman–Crippen MR) is 106 cm³/mol. The van der Waals surface area contributed by atoms with Crippen molar-refractivity contribution >= 4 is 34.6 Å². The van der Waals surface area contributed by atoms with E-state index in [2.05, 4.69) is 20.8 Å². The van der Waals surface area contributed by atoms with Gasteiger partial charge in [-0.1, -0.05) is 18.2 Å². The van der Waals surface area contributed by atoms with Gasteiger partial charge in [0.1, 0.15) is 11.6 Å². The number of anilines is 1. The van der Waals surface area contributed by atoms with Gasteiger partial charge in [0.2, 0.25) is 5.91 Å². The third-order valence-corrected chi connectivity index (χ3v) is 5.06. The first-order valence-corrected chi connectivity index (χ1v) is 9.08. The van der Waals surface area contributed by atoms with E-state index in [9.17, 15) is 13.6 Å². The molecule has 1 aromatic heterocycles. The van der Waals surface area contributed by atoms with Gasteiger partial charge >= 0.3 is 0 Å². The highest BCUT2D eigenvalue weighted by Gasteiger charge is 2.49. The average molecular weight is 382 g/mol. The number of aromatic nitrogens is 2. The number of hydrogen-bond acceptors (Lipinski definition) is 3. The van der Waals surface area contributed by atoms with Crippen LogP contribution in [0, 0.1) is 17.0 Å². The minimum absolute atomic E-state index is 0.127. The Bertz CT molecular complexity index is 1070. The molecule has 0 unspecified atom stereocenters. The molecule has 0 radical (unpaired) electrons. The zero-order valence-corrected chi connectivity index (χ0v) is 15.4. The number of carbonyl (C=O) groups excluding carboxylic acids is 1. The number of halogens is 2. The number of aromatic amines is 1. The first-order valence-electron chi connectivity index (χ1n) is 9.08. The van der Waals surface area contributed by atoms with Crippen molar-refractivity contribution in [2.45, 2.75) is 12.8 Å². The molecule has 1 heterocycles. The Balaban J connectivity index is 1.62. The highest BCUT2D eigenvalue weighted by molar-refractivity contribution is 6.00. The fraction of sp³-hybridized carbons (Fsp3) is 0.238. The molecule has 3 aromatic rings. The summed E-state index contributed by atoms with van der Waals surface area (Å²) in [5.74, 6) is -1.03. The summed E-state index contributed by atoms with van der Waals surface area (Å²) < 4.78 is 27.8. The molecule has 7 heteroatoms. The second-order valence-electron chi connectivity index (χ2n) is 7.14. The van der Waals surface area contributed by atoms with Crippen molar-refractivity contribution in [1.29, 1.82) is 0 Å². The number of hydrogen-bond donors (Lipinski definition) is 3. The number of benzene rings is 2. The fourth-order valence-corrected chi connectivity index (χ4v) is 3.29. The van der Waals surface area contributed by atoms with Crippen molar-refractivity contribution < 1.29 is 13.6 Å². The Morgan fingerprint density at radius 2 is 2.07 bits per heavy atom. The van der Waals surface area contributed by atoms with Crippen molar-refractivity contribution in [3.05, 3.63) is 59.3 Å². The van der Waals surface area contributed by atoms with Gasteiger partial charge < -0.3 is 10.6 Å². The molecule has 0 spiro atoms. The van der Waals surface area contributed by atoms with E-state index in [0.29, 0.717) is 28.7 Å². The molecule has 0 atom stereocenters. The van der Waals surface area contributed by atoms with Crippen LogP contribution in [0.3, 0.4) is 0 Å². The number of H-pyrrole nitrogens is 1. The Kier molecular flexibility index (Phi) is 4.68. The monoisotopic (exact) mass is 382 g/mol. The van der Waals surface area contributed by atoms with Gasteiger partial charge in [0.05, 0.1) is 22.3 Å². The van der Waals surface area contributed by atoms with Gasteiger partial charge in [-0.2, -0.15) is 5.10 Å². The summed E-state index contributed by atoms with van der Waals surface area (Å²) in [7, 11) is 1.79. The molecule has 1 aliphatic carbocycles. The predicted octanol–water partition coefficient (Wildman–Crippen LogP) is 3.95. The molecule has 4 rings (SSSR count). The molecule has 144 valence electrons. The van der Waals surface area contributed by atoms with E-state index in [1.165, 1.54) is 18.2 Å². The molecule has 1 aliphatic rings. The van der Waals surface area contributed by atoms with E-state index in [1.807, 2.05) is 0 Å².